The highest BCUT2D eigenvalue weighted by molar-refractivity contribution is 7.92. The van der Waals surface area contributed by atoms with Gasteiger partial charge in [-0.25, -0.2) is 21.8 Å². The number of amides is 1. The largest absolute Gasteiger partial charge is 0.486 e. The van der Waals surface area contributed by atoms with Gasteiger partial charge >= 0.3 is 0 Å². The van der Waals surface area contributed by atoms with Gasteiger partial charge in [0.05, 0.1) is 41.7 Å². The highest BCUT2D eigenvalue weighted by Gasteiger charge is 2.37. The number of rotatable bonds is 9. The smallest absolute Gasteiger partial charge is 0.262 e. The van der Waals surface area contributed by atoms with E-state index in [-0.39, 0.29) is 46.6 Å². The van der Waals surface area contributed by atoms with Crippen molar-refractivity contribution in [1.82, 2.24) is 18.8 Å². The van der Waals surface area contributed by atoms with E-state index in [9.17, 15) is 26.7 Å². The molecule has 0 fully saturated rings. The number of hydrogen-bond donors (Lipinski definition) is 2. The van der Waals surface area contributed by atoms with Crippen molar-refractivity contribution in [3.63, 3.8) is 0 Å². The minimum atomic E-state index is -4.12. The van der Waals surface area contributed by atoms with Crippen LogP contribution in [0.2, 0.25) is 5.02 Å². The molecule has 0 unspecified atom stereocenters. The summed E-state index contributed by atoms with van der Waals surface area (Å²) in [5.41, 5.74) is 0.0606. The standard InChI is InChI=1S/C26H32ClN5O7S2/c1-17-12-32(18(2)15-33)26(34)21-6-5-7-22(29-40(35,36)20-10-8-19(27)9-11-20)25(21)39-23(17)13-31(4)41(37,38)24-14-30(3)16-28-24/h5-11,14,16-18,23,29,33H,12-13,15H2,1-4H3/t17-,18-,23-/m1/s1. The van der Waals surface area contributed by atoms with Crippen LogP contribution in [0.3, 0.4) is 0 Å². The number of carbonyl (C=O) groups excluding carboxylic acids is 1. The first-order chi connectivity index (χ1) is 19.2. The van der Waals surface area contributed by atoms with E-state index in [0.29, 0.717) is 5.02 Å². The maximum atomic E-state index is 13.7. The lowest BCUT2D eigenvalue weighted by atomic mass is 9.99. The van der Waals surface area contributed by atoms with Gasteiger partial charge in [0.15, 0.2) is 10.8 Å². The third-order valence-corrected chi connectivity index (χ3v) is 10.2. The molecule has 0 radical (unpaired) electrons. The number of halogens is 1. The highest BCUT2D eigenvalue weighted by Crippen LogP contribution is 2.36. The Labute approximate surface area is 244 Å². The molecule has 0 saturated heterocycles. The number of aromatic nitrogens is 2. The van der Waals surface area contributed by atoms with E-state index in [1.54, 1.807) is 20.9 Å². The summed E-state index contributed by atoms with van der Waals surface area (Å²) in [6, 6.07) is 9.46. The molecule has 1 aromatic heterocycles. The first-order valence-electron chi connectivity index (χ1n) is 12.7. The van der Waals surface area contributed by atoms with E-state index in [0.717, 1.165) is 4.31 Å². The molecule has 2 N–H and O–H groups in total. The number of para-hydroxylation sites is 1. The van der Waals surface area contributed by atoms with Crippen molar-refractivity contribution >= 4 is 43.2 Å². The highest BCUT2D eigenvalue weighted by atomic mass is 35.5. The van der Waals surface area contributed by atoms with E-state index >= 15 is 0 Å². The lowest BCUT2D eigenvalue weighted by Gasteiger charge is -2.38. The van der Waals surface area contributed by atoms with Gasteiger partial charge in [-0.1, -0.05) is 24.6 Å². The van der Waals surface area contributed by atoms with E-state index < -0.39 is 44.0 Å². The van der Waals surface area contributed by atoms with Gasteiger partial charge in [0.2, 0.25) is 0 Å². The van der Waals surface area contributed by atoms with E-state index in [1.807, 2.05) is 0 Å². The minimum Gasteiger partial charge on any atom is -0.486 e. The van der Waals surface area contributed by atoms with Crippen LogP contribution in [0.15, 0.2) is 64.9 Å². The van der Waals surface area contributed by atoms with Crippen LogP contribution in [0.4, 0.5) is 5.69 Å². The number of likely N-dealkylation sites (N-methyl/N-ethyl adjacent to an activating group) is 1. The lowest BCUT2D eigenvalue weighted by Crippen LogP contribution is -2.50. The Hall–Kier alpha value is -3.17. The molecule has 222 valence electrons. The van der Waals surface area contributed by atoms with Crippen LogP contribution < -0.4 is 9.46 Å². The van der Waals surface area contributed by atoms with Crippen LogP contribution in [0.25, 0.3) is 0 Å². The molecule has 1 aliphatic heterocycles. The SMILES string of the molecule is C[C@@H]1CN([C@H](C)CO)C(=O)c2cccc(NS(=O)(=O)c3ccc(Cl)cc3)c2O[C@@H]1CN(C)S(=O)(=O)c1cn(C)cn1. The van der Waals surface area contributed by atoms with Gasteiger partial charge in [-0.2, -0.15) is 4.31 Å². The Morgan fingerprint density at radius 2 is 1.88 bits per heavy atom. The molecule has 3 aromatic rings. The molecule has 2 heterocycles. The number of aliphatic hydroxyl groups excluding tert-OH is 1. The maximum absolute atomic E-state index is 13.7. The van der Waals surface area contributed by atoms with Crippen molar-refractivity contribution in [2.45, 2.75) is 35.9 Å². The molecule has 15 heteroatoms. The monoisotopic (exact) mass is 625 g/mol. The van der Waals surface area contributed by atoms with Crippen LogP contribution >= 0.6 is 11.6 Å². The molecule has 12 nitrogen and oxygen atoms in total. The molecule has 1 amide bonds. The summed E-state index contributed by atoms with van der Waals surface area (Å²) in [5.74, 6) is -0.942. The molecule has 3 atom stereocenters. The van der Waals surface area contributed by atoms with Crippen molar-refractivity contribution < 1.29 is 31.5 Å². The van der Waals surface area contributed by atoms with Gasteiger partial charge in [0, 0.05) is 37.8 Å². The van der Waals surface area contributed by atoms with Crippen molar-refractivity contribution in [3.8, 4) is 5.75 Å². The minimum absolute atomic E-state index is 0.00302. The number of imidazole rings is 1. The quantitative estimate of drug-likeness (QED) is 0.368. The second kappa shape index (κ2) is 12.0. The van der Waals surface area contributed by atoms with E-state index in [4.69, 9.17) is 16.3 Å². The number of fused-ring (bicyclic) bond motifs is 1. The van der Waals surface area contributed by atoms with E-state index in [1.165, 1.54) is 71.5 Å². The zero-order valence-electron chi connectivity index (χ0n) is 22.9. The number of benzene rings is 2. The summed E-state index contributed by atoms with van der Waals surface area (Å²) in [7, 11) is -5.05. The van der Waals surface area contributed by atoms with Gasteiger partial charge in [-0.15, -0.1) is 0 Å². The molecular weight excluding hydrogens is 594 g/mol. The molecule has 0 aliphatic carbocycles. The summed E-state index contributed by atoms with van der Waals surface area (Å²) in [5, 5.41) is 10.1. The fourth-order valence-electron chi connectivity index (χ4n) is 4.39. The normalized spacial score (nSPS) is 18.8. The molecular formula is C26H32ClN5O7S2. The van der Waals surface area contributed by atoms with Crippen LogP contribution in [0.1, 0.15) is 24.2 Å². The van der Waals surface area contributed by atoms with E-state index in [2.05, 4.69) is 9.71 Å². The Kier molecular flexibility index (Phi) is 8.99. The third-order valence-electron chi connectivity index (χ3n) is 6.85. The Morgan fingerprint density at radius 1 is 1.20 bits per heavy atom. The first-order valence-corrected chi connectivity index (χ1v) is 16.0. The molecule has 0 bridgehead atoms. The van der Waals surface area contributed by atoms with Crippen molar-refractivity contribution in [1.29, 1.82) is 0 Å². The maximum Gasteiger partial charge on any atom is 0.262 e. The summed E-state index contributed by atoms with van der Waals surface area (Å²) in [4.78, 5) is 19.0. The third kappa shape index (κ3) is 6.51. The number of aryl methyl sites for hydroxylation is 1. The first kappa shape index (κ1) is 30.8. The zero-order chi connectivity index (χ0) is 30.1. The fraction of sp³-hybridized carbons (Fsp3) is 0.385. The average molecular weight is 626 g/mol. The summed E-state index contributed by atoms with van der Waals surface area (Å²) < 4.78 is 64.4. The lowest BCUT2D eigenvalue weighted by molar-refractivity contribution is 0.0389. The number of sulfonamides is 2. The second-order valence-corrected chi connectivity index (χ2v) is 14.1. The van der Waals surface area contributed by atoms with Crippen molar-refractivity contribution in [2.75, 3.05) is 31.5 Å². The number of anilines is 1. The summed E-state index contributed by atoms with van der Waals surface area (Å²) in [6.45, 7) is 3.20. The number of carbonyl (C=O) groups is 1. The molecule has 0 saturated carbocycles. The Morgan fingerprint density at radius 3 is 2.49 bits per heavy atom. The van der Waals surface area contributed by atoms with Crippen LogP contribution in [-0.2, 0) is 27.1 Å². The number of nitrogens with one attached hydrogen (secondary N) is 1. The number of ether oxygens (including phenoxy) is 1. The van der Waals surface area contributed by atoms with Gasteiger partial charge in [-0.3, -0.25) is 9.52 Å². The van der Waals surface area contributed by atoms with Crippen molar-refractivity contribution in [3.05, 3.63) is 65.6 Å². The second-order valence-electron chi connectivity index (χ2n) is 10.0. The number of hydrogen-bond acceptors (Lipinski definition) is 8. The van der Waals surface area contributed by atoms with Gasteiger partial charge < -0.3 is 19.3 Å². The fourth-order valence-corrected chi connectivity index (χ4v) is 6.72. The summed E-state index contributed by atoms with van der Waals surface area (Å²) >= 11 is 5.91. The molecule has 41 heavy (non-hydrogen) atoms. The number of nitrogens with zero attached hydrogens (tertiary/aromatic N) is 4. The Balaban J connectivity index is 1.76. The number of aliphatic hydroxyl groups is 1. The zero-order valence-corrected chi connectivity index (χ0v) is 25.3. The molecule has 2 aromatic carbocycles. The van der Waals surface area contributed by atoms with Crippen LogP contribution in [0, 0.1) is 5.92 Å². The van der Waals surface area contributed by atoms with Crippen LogP contribution in [-0.4, -0.2) is 85.5 Å². The van der Waals surface area contributed by atoms with Crippen LogP contribution in [0.5, 0.6) is 5.75 Å². The predicted molar refractivity (Wildman–Crippen MR) is 153 cm³/mol. The molecule has 0 spiro atoms. The molecule has 1 aliphatic rings. The average Bonchev–Trinajstić information content (AvgIpc) is 3.37. The molecule has 4 rings (SSSR count). The van der Waals surface area contributed by atoms with Gasteiger partial charge in [0.1, 0.15) is 6.10 Å². The summed E-state index contributed by atoms with van der Waals surface area (Å²) in [6.07, 6.45) is 1.95. The predicted octanol–water partition coefficient (Wildman–Crippen LogP) is 2.42. The van der Waals surface area contributed by atoms with Crippen molar-refractivity contribution in [2.24, 2.45) is 13.0 Å². The topological polar surface area (TPSA) is 151 Å². The van der Waals surface area contributed by atoms with Gasteiger partial charge in [0.25, 0.3) is 26.0 Å². The Bertz CT molecular complexity index is 1630. The van der Waals surface area contributed by atoms with Gasteiger partial charge in [-0.05, 0) is 43.3 Å².